The number of rotatable bonds is 6. The molecule has 0 unspecified atom stereocenters. The second-order valence-electron chi connectivity index (χ2n) is 9.18. The molecule has 1 aromatic rings. The van der Waals surface area contributed by atoms with E-state index in [2.05, 4.69) is 15.7 Å². The van der Waals surface area contributed by atoms with Crippen LogP contribution in [0.3, 0.4) is 0 Å². The number of piperidine rings is 1. The zero-order chi connectivity index (χ0) is 21.6. The van der Waals surface area contributed by atoms with Crippen molar-refractivity contribution in [1.29, 1.82) is 0 Å². The minimum absolute atomic E-state index is 0.0264. The molecule has 2 saturated heterocycles. The van der Waals surface area contributed by atoms with E-state index in [1.54, 1.807) is 6.21 Å². The van der Waals surface area contributed by atoms with Crippen LogP contribution < -0.4 is 16.5 Å². The number of carbonyl (C=O) groups excluding carboxylic acids is 2. The van der Waals surface area contributed by atoms with Gasteiger partial charge in [-0.25, -0.2) is 0 Å². The zero-order valence-electron chi connectivity index (χ0n) is 18.3. The molecule has 1 saturated carbocycles. The van der Waals surface area contributed by atoms with Gasteiger partial charge in [0.1, 0.15) is 6.04 Å². The van der Waals surface area contributed by atoms with Crippen molar-refractivity contribution in [2.45, 2.75) is 63.5 Å². The summed E-state index contributed by atoms with van der Waals surface area (Å²) >= 11 is 0. The SMILES string of the molecule is NN=Cc1cccc(CCNC(=O)[C@@H]2CCCN2C(=O)[C@@H]2NCC[C@@H]3CCCC[C@@H]32)c1. The minimum atomic E-state index is -0.339. The number of hydrogen-bond donors (Lipinski definition) is 3. The Morgan fingerprint density at radius 3 is 2.94 bits per heavy atom. The first-order valence-corrected chi connectivity index (χ1v) is 11.8. The van der Waals surface area contributed by atoms with Crippen LogP contribution in [-0.4, -0.2) is 54.6 Å². The zero-order valence-corrected chi connectivity index (χ0v) is 18.3. The van der Waals surface area contributed by atoms with Crippen molar-refractivity contribution in [3.8, 4) is 0 Å². The van der Waals surface area contributed by atoms with E-state index in [0.717, 1.165) is 43.4 Å². The molecule has 1 aliphatic carbocycles. The average molecular weight is 426 g/mol. The fourth-order valence-electron chi connectivity index (χ4n) is 5.72. The molecular weight excluding hydrogens is 390 g/mol. The number of nitrogens with one attached hydrogen (secondary N) is 2. The summed E-state index contributed by atoms with van der Waals surface area (Å²) in [6, 6.07) is 7.50. The minimum Gasteiger partial charge on any atom is -0.354 e. The first-order valence-electron chi connectivity index (χ1n) is 11.8. The van der Waals surface area contributed by atoms with Gasteiger partial charge in [0.05, 0.1) is 12.3 Å². The number of fused-ring (bicyclic) bond motifs is 1. The molecule has 0 radical (unpaired) electrons. The third kappa shape index (κ3) is 5.09. The summed E-state index contributed by atoms with van der Waals surface area (Å²) in [7, 11) is 0. The third-order valence-electron chi connectivity index (χ3n) is 7.27. The highest BCUT2D eigenvalue weighted by Crippen LogP contribution is 2.37. The number of nitrogens with two attached hydrogens (primary N) is 1. The Kier molecular flexibility index (Phi) is 7.22. The summed E-state index contributed by atoms with van der Waals surface area (Å²) in [5.74, 6) is 6.44. The van der Waals surface area contributed by atoms with Crippen molar-refractivity contribution >= 4 is 18.0 Å². The number of hydrogen-bond acceptors (Lipinski definition) is 5. The molecule has 4 atom stereocenters. The standard InChI is InChI=1S/C24H35N5O2/c25-28-16-18-6-3-5-17(15-18)10-12-27-23(30)21-9-4-14-29(21)24(31)22-20-8-2-1-7-19(20)11-13-26-22/h3,5-6,15-16,19-22,26H,1-2,4,7-14,25H2,(H,27,30)/t19-,20-,21-,22+/m0/s1. The van der Waals surface area contributed by atoms with Crippen molar-refractivity contribution in [2.24, 2.45) is 22.8 Å². The quantitative estimate of drug-likeness (QED) is 0.368. The van der Waals surface area contributed by atoms with Crippen molar-refractivity contribution in [3.05, 3.63) is 35.4 Å². The van der Waals surface area contributed by atoms with E-state index in [-0.39, 0.29) is 23.9 Å². The summed E-state index contributed by atoms with van der Waals surface area (Å²) in [6.45, 7) is 2.15. The van der Waals surface area contributed by atoms with Gasteiger partial charge in [0, 0.05) is 13.1 Å². The van der Waals surface area contributed by atoms with Crippen LogP contribution in [0.4, 0.5) is 0 Å². The van der Waals surface area contributed by atoms with E-state index >= 15 is 0 Å². The van der Waals surface area contributed by atoms with Gasteiger partial charge in [-0.3, -0.25) is 9.59 Å². The maximum absolute atomic E-state index is 13.4. The van der Waals surface area contributed by atoms with Gasteiger partial charge in [-0.05, 0) is 61.6 Å². The molecule has 3 fully saturated rings. The molecule has 3 aliphatic rings. The predicted molar refractivity (Wildman–Crippen MR) is 122 cm³/mol. The van der Waals surface area contributed by atoms with Gasteiger partial charge in [0.2, 0.25) is 11.8 Å². The van der Waals surface area contributed by atoms with Gasteiger partial charge in [-0.15, -0.1) is 0 Å². The Balaban J connectivity index is 1.32. The second kappa shape index (κ2) is 10.3. The largest absolute Gasteiger partial charge is 0.354 e. The topological polar surface area (TPSA) is 99.8 Å². The summed E-state index contributed by atoms with van der Waals surface area (Å²) in [5.41, 5.74) is 2.06. The number of likely N-dealkylation sites (tertiary alicyclic amines) is 1. The van der Waals surface area contributed by atoms with Gasteiger partial charge >= 0.3 is 0 Å². The smallest absolute Gasteiger partial charge is 0.242 e. The Bertz CT molecular complexity index is 809. The van der Waals surface area contributed by atoms with Gasteiger partial charge in [0.15, 0.2) is 0 Å². The molecular formula is C24H35N5O2. The van der Waals surface area contributed by atoms with E-state index < -0.39 is 0 Å². The molecule has 7 heteroatoms. The molecule has 2 heterocycles. The molecule has 31 heavy (non-hydrogen) atoms. The molecule has 2 amide bonds. The highest BCUT2D eigenvalue weighted by Gasteiger charge is 2.43. The Hall–Kier alpha value is -2.41. The monoisotopic (exact) mass is 425 g/mol. The Morgan fingerprint density at radius 1 is 1.19 bits per heavy atom. The van der Waals surface area contributed by atoms with E-state index in [1.165, 1.54) is 25.7 Å². The van der Waals surface area contributed by atoms with Crippen LogP contribution in [-0.2, 0) is 16.0 Å². The van der Waals surface area contributed by atoms with Crippen LogP contribution in [0.1, 0.15) is 56.1 Å². The molecule has 4 rings (SSSR count). The molecule has 7 nitrogen and oxygen atoms in total. The summed E-state index contributed by atoms with van der Waals surface area (Å²) < 4.78 is 0. The summed E-state index contributed by atoms with van der Waals surface area (Å²) in [4.78, 5) is 28.2. The van der Waals surface area contributed by atoms with Gasteiger partial charge < -0.3 is 21.4 Å². The van der Waals surface area contributed by atoms with E-state index in [9.17, 15) is 9.59 Å². The maximum Gasteiger partial charge on any atom is 0.242 e. The molecule has 1 aromatic carbocycles. The lowest BCUT2D eigenvalue weighted by Crippen LogP contribution is -2.58. The van der Waals surface area contributed by atoms with Crippen LogP contribution in [0.2, 0.25) is 0 Å². The molecule has 168 valence electrons. The average Bonchev–Trinajstić information content (AvgIpc) is 3.29. The van der Waals surface area contributed by atoms with Gasteiger partial charge in [0.25, 0.3) is 0 Å². The molecule has 0 bridgehead atoms. The van der Waals surface area contributed by atoms with E-state index in [4.69, 9.17) is 5.84 Å². The van der Waals surface area contributed by atoms with Crippen LogP contribution >= 0.6 is 0 Å². The Morgan fingerprint density at radius 2 is 2.06 bits per heavy atom. The van der Waals surface area contributed by atoms with Crippen LogP contribution in [0.25, 0.3) is 0 Å². The van der Waals surface area contributed by atoms with Crippen molar-refractivity contribution in [2.75, 3.05) is 19.6 Å². The first kappa shape index (κ1) is 21.8. The number of benzene rings is 1. The maximum atomic E-state index is 13.4. The molecule has 0 spiro atoms. The first-order chi connectivity index (χ1) is 15.2. The van der Waals surface area contributed by atoms with Crippen molar-refractivity contribution in [1.82, 2.24) is 15.5 Å². The van der Waals surface area contributed by atoms with Crippen LogP contribution in [0, 0.1) is 11.8 Å². The van der Waals surface area contributed by atoms with Crippen LogP contribution in [0.15, 0.2) is 29.4 Å². The van der Waals surface area contributed by atoms with Gasteiger partial charge in [-0.2, -0.15) is 5.10 Å². The normalized spacial score (nSPS) is 28.5. The number of amides is 2. The van der Waals surface area contributed by atoms with Crippen LogP contribution in [0.5, 0.6) is 0 Å². The number of nitrogens with zero attached hydrogens (tertiary/aromatic N) is 2. The lowest BCUT2D eigenvalue weighted by atomic mass is 9.71. The lowest BCUT2D eigenvalue weighted by Gasteiger charge is -2.43. The second-order valence-corrected chi connectivity index (χ2v) is 9.18. The summed E-state index contributed by atoms with van der Waals surface area (Å²) in [5, 5.41) is 10.1. The molecule has 4 N–H and O–H groups in total. The highest BCUT2D eigenvalue weighted by atomic mass is 16.2. The lowest BCUT2D eigenvalue weighted by molar-refractivity contribution is -0.142. The van der Waals surface area contributed by atoms with Crippen molar-refractivity contribution in [3.63, 3.8) is 0 Å². The molecule has 0 aromatic heterocycles. The van der Waals surface area contributed by atoms with E-state index in [0.29, 0.717) is 24.9 Å². The molecule has 2 aliphatic heterocycles. The fraction of sp³-hybridized carbons (Fsp3) is 0.625. The highest BCUT2D eigenvalue weighted by molar-refractivity contribution is 5.90. The predicted octanol–water partition coefficient (Wildman–Crippen LogP) is 1.80. The number of hydrazone groups is 1. The number of carbonyl (C=O) groups is 2. The summed E-state index contributed by atoms with van der Waals surface area (Å²) in [6.07, 6.45) is 10.0. The van der Waals surface area contributed by atoms with E-state index in [1.807, 2.05) is 29.2 Å². The van der Waals surface area contributed by atoms with Gasteiger partial charge in [-0.1, -0.05) is 43.5 Å². The van der Waals surface area contributed by atoms with Crippen molar-refractivity contribution < 1.29 is 9.59 Å². The third-order valence-corrected chi connectivity index (χ3v) is 7.27. The fourth-order valence-corrected chi connectivity index (χ4v) is 5.72. The Labute approximate surface area is 184 Å².